The number of rotatable bonds is 5. The van der Waals surface area contributed by atoms with E-state index in [-0.39, 0.29) is 24.8 Å². The predicted octanol–water partition coefficient (Wildman–Crippen LogP) is 1.78. The second kappa shape index (κ2) is 5.43. The second-order valence-corrected chi connectivity index (χ2v) is 5.84. The molecule has 1 aromatic carbocycles. The number of hydrogen-bond acceptors (Lipinski definition) is 3. The maximum atomic E-state index is 13.8. The Balaban J connectivity index is 3.07. The Morgan fingerprint density at radius 2 is 1.94 bits per heavy atom. The number of hydrogen-bond donors (Lipinski definition) is 1. The highest BCUT2D eigenvalue weighted by molar-refractivity contribution is 7.90. The zero-order valence-corrected chi connectivity index (χ0v) is 10.4. The smallest absolute Gasteiger partial charge is 0.303 e. The van der Waals surface area contributed by atoms with Gasteiger partial charge in [0.25, 0.3) is 0 Å². The molecule has 0 aromatic heterocycles. The molecule has 0 spiro atoms. The van der Waals surface area contributed by atoms with E-state index in [9.17, 15) is 22.0 Å². The van der Waals surface area contributed by atoms with E-state index in [0.29, 0.717) is 0 Å². The molecule has 1 aromatic rings. The van der Waals surface area contributed by atoms with Gasteiger partial charge in [0.2, 0.25) is 0 Å². The maximum Gasteiger partial charge on any atom is 0.303 e. The number of carboxylic acids is 1. The van der Waals surface area contributed by atoms with E-state index >= 15 is 0 Å². The number of carboxylic acid groups (broad SMARTS) is 1. The van der Waals surface area contributed by atoms with Crippen molar-refractivity contribution < 1.29 is 27.1 Å². The van der Waals surface area contributed by atoms with Crippen LogP contribution in [0.25, 0.3) is 0 Å². The van der Waals surface area contributed by atoms with Gasteiger partial charge in [-0.15, -0.1) is 0 Å². The summed E-state index contributed by atoms with van der Waals surface area (Å²) in [7, 11) is -3.77. The molecule has 0 atom stereocenters. The van der Waals surface area contributed by atoms with E-state index in [4.69, 9.17) is 5.11 Å². The van der Waals surface area contributed by atoms with Crippen LogP contribution in [0.2, 0.25) is 0 Å². The number of sulfone groups is 1. The molecule has 0 unspecified atom stereocenters. The first kappa shape index (κ1) is 14.6. The first-order valence-electron chi connectivity index (χ1n) is 5.12. The zero-order chi connectivity index (χ0) is 13.9. The molecule has 0 heterocycles. The number of aliphatic carboxylic acids is 1. The van der Waals surface area contributed by atoms with E-state index in [0.717, 1.165) is 18.4 Å². The third-order valence-electron chi connectivity index (χ3n) is 2.37. The van der Waals surface area contributed by atoms with Crippen LogP contribution >= 0.6 is 0 Å². The van der Waals surface area contributed by atoms with Gasteiger partial charge in [-0.05, 0) is 25.0 Å². The minimum atomic E-state index is -3.77. The summed E-state index contributed by atoms with van der Waals surface area (Å²) < 4.78 is 49.6. The maximum absolute atomic E-state index is 13.8. The van der Waals surface area contributed by atoms with Crippen molar-refractivity contribution >= 4 is 15.8 Å². The molecular weight excluding hydrogens is 266 g/mol. The van der Waals surface area contributed by atoms with Crippen molar-refractivity contribution in [3.63, 3.8) is 0 Å². The van der Waals surface area contributed by atoms with Crippen molar-refractivity contribution in [3.8, 4) is 0 Å². The lowest BCUT2D eigenvalue weighted by Crippen LogP contribution is -2.07. The lowest BCUT2D eigenvalue weighted by atomic mass is 10.1. The second-order valence-electron chi connectivity index (χ2n) is 3.86. The Labute approximate surface area is 103 Å². The molecule has 0 amide bonds. The van der Waals surface area contributed by atoms with E-state index in [1.807, 2.05) is 0 Å². The molecule has 1 N–H and O–H groups in total. The van der Waals surface area contributed by atoms with Gasteiger partial charge in [0.1, 0.15) is 16.5 Å². The van der Waals surface area contributed by atoms with Crippen molar-refractivity contribution in [1.29, 1.82) is 0 Å². The Bertz CT molecular complexity index is 567. The van der Waals surface area contributed by atoms with Gasteiger partial charge < -0.3 is 5.11 Å². The average Bonchev–Trinajstić information content (AvgIpc) is 2.20. The molecule has 0 radical (unpaired) electrons. The summed E-state index contributed by atoms with van der Waals surface area (Å²) in [6, 6.07) is 1.73. The molecule has 0 saturated heterocycles. The quantitative estimate of drug-likeness (QED) is 0.833. The lowest BCUT2D eigenvalue weighted by Gasteiger charge is -2.07. The highest BCUT2D eigenvalue weighted by Gasteiger charge is 2.19. The van der Waals surface area contributed by atoms with E-state index in [1.165, 1.54) is 0 Å². The molecule has 0 fully saturated rings. The summed E-state index contributed by atoms with van der Waals surface area (Å²) in [5.41, 5.74) is -0.390. The molecule has 4 nitrogen and oxygen atoms in total. The van der Waals surface area contributed by atoms with Crippen LogP contribution in [-0.4, -0.2) is 25.7 Å². The van der Waals surface area contributed by atoms with Crippen LogP contribution in [0.5, 0.6) is 0 Å². The van der Waals surface area contributed by atoms with Gasteiger partial charge in [-0.1, -0.05) is 0 Å². The van der Waals surface area contributed by atoms with Crippen molar-refractivity contribution in [2.45, 2.75) is 24.2 Å². The standard InChI is InChI=1S/C11H12F2O4S/c1-18(16,17)9-6-5-8(12)7(11(9)13)3-2-4-10(14)15/h5-6H,2-4H2,1H3,(H,14,15). The molecule has 0 aliphatic heterocycles. The Morgan fingerprint density at radius 1 is 1.33 bits per heavy atom. The van der Waals surface area contributed by atoms with Crippen LogP contribution in [0.4, 0.5) is 8.78 Å². The fourth-order valence-electron chi connectivity index (χ4n) is 1.51. The van der Waals surface area contributed by atoms with E-state index in [2.05, 4.69) is 0 Å². The van der Waals surface area contributed by atoms with Crippen molar-refractivity contribution in [2.24, 2.45) is 0 Å². The molecule has 7 heteroatoms. The highest BCUT2D eigenvalue weighted by Crippen LogP contribution is 2.22. The van der Waals surface area contributed by atoms with E-state index < -0.39 is 32.3 Å². The Hall–Kier alpha value is -1.50. The number of carbonyl (C=O) groups is 1. The minimum Gasteiger partial charge on any atom is -0.481 e. The molecule has 0 aliphatic carbocycles. The summed E-state index contributed by atoms with van der Waals surface area (Å²) in [4.78, 5) is 9.73. The lowest BCUT2D eigenvalue weighted by molar-refractivity contribution is -0.137. The van der Waals surface area contributed by atoms with Crippen molar-refractivity contribution in [2.75, 3.05) is 6.26 Å². The van der Waals surface area contributed by atoms with Crippen molar-refractivity contribution in [3.05, 3.63) is 29.3 Å². The molecule has 0 aliphatic rings. The Kier molecular flexibility index (Phi) is 4.39. The monoisotopic (exact) mass is 278 g/mol. The van der Waals surface area contributed by atoms with Gasteiger partial charge in [0, 0.05) is 18.2 Å². The van der Waals surface area contributed by atoms with Crippen LogP contribution in [0.3, 0.4) is 0 Å². The third kappa shape index (κ3) is 3.49. The summed E-state index contributed by atoms with van der Waals surface area (Å²) in [5.74, 6) is -3.08. The predicted molar refractivity (Wildman–Crippen MR) is 60.0 cm³/mol. The normalized spacial score (nSPS) is 11.5. The van der Waals surface area contributed by atoms with Crippen LogP contribution < -0.4 is 0 Å². The first-order valence-corrected chi connectivity index (χ1v) is 7.01. The molecular formula is C11H12F2O4S. The third-order valence-corrected chi connectivity index (χ3v) is 3.48. The number of benzene rings is 1. The topological polar surface area (TPSA) is 71.4 Å². The number of halogens is 2. The zero-order valence-electron chi connectivity index (χ0n) is 9.61. The minimum absolute atomic E-state index is 0.0381. The fraction of sp³-hybridized carbons (Fsp3) is 0.364. The average molecular weight is 278 g/mol. The van der Waals surface area contributed by atoms with Gasteiger partial charge >= 0.3 is 5.97 Å². The molecule has 1 rings (SSSR count). The SMILES string of the molecule is CS(=O)(=O)c1ccc(F)c(CCCC(=O)O)c1F. The van der Waals surface area contributed by atoms with Crippen LogP contribution in [-0.2, 0) is 21.1 Å². The summed E-state index contributed by atoms with van der Waals surface area (Å²) in [6.07, 6.45) is 0.468. The summed E-state index contributed by atoms with van der Waals surface area (Å²) in [5, 5.41) is 8.43. The van der Waals surface area contributed by atoms with Crippen molar-refractivity contribution in [1.82, 2.24) is 0 Å². The molecule has 0 bridgehead atoms. The highest BCUT2D eigenvalue weighted by atomic mass is 32.2. The van der Waals surface area contributed by atoms with Gasteiger partial charge in [-0.2, -0.15) is 0 Å². The van der Waals surface area contributed by atoms with Gasteiger partial charge in [0.05, 0.1) is 0 Å². The van der Waals surface area contributed by atoms with Crippen LogP contribution in [0, 0.1) is 11.6 Å². The van der Waals surface area contributed by atoms with Crippen LogP contribution in [0.1, 0.15) is 18.4 Å². The van der Waals surface area contributed by atoms with Gasteiger partial charge in [-0.25, -0.2) is 17.2 Å². The fourth-order valence-corrected chi connectivity index (χ4v) is 2.27. The first-order chi connectivity index (χ1) is 8.23. The molecule has 18 heavy (non-hydrogen) atoms. The van der Waals surface area contributed by atoms with Crippen LogP contribution in [0.15, 0.2) is 17.0 Å². The Morgan fingerprint density at radius 3 is 2.44 bits per heavy atom. The van der Waals surface area contributed by atoms with E-state index in [1.54, 1.807) is 0 Å². The largest absolute Gasteiger partial charge is 0.481 e. The van der Waals surface area contributed by atoms with Gasteiger partial charge in [-0.3, -0.25) is 4.79 Å². The summed E-state index contributed by atoms with van der Waals surface area (Å²) in [6.45, 7) is 0. The summed E-state index contributed by atoms with van der Waals surface area (Å²) >= 11 is 0. The molecule has 0 saturated carbocycles. The van der Waals surface area contributed by atoms with Gasteiger partial charge in [0.15, 0.2) is 9.84 Å². The molecule has 100 valence electrons.